The first-order chi connectivity index (χ1) is 9.83. The van der Waals surface area contributed by atoms with Crippen molar-refractivity contribution in [2.45, 2.75) is 25.0 Å². The maximum Gasteiger partial charge on any atom is 0.182 e. The van der Waals surface area contributed by atoms with Crippen LogP contribution in [0.3, 0.4) is 0 Å². The number of ether oxygens (including phenoxy) is 3. The Bertz CT molecular complexity index is 497. The van der Waals surface area contributed by atoms with E-state index < -0.39 is 0 Å². The molecule has 2 heterocycles. The second kappa shape index (κ2) is 6.63. The van der Waals surface area contributed by atoms with E-state index in [0.717, 1.165) is 10.2 Å². The van der Waals surface area contributed by atoms with Gasteiger partial charge in [-0.15, -0.1) is 0 Å². The lowest BCUT2D eigenvalue weighted by Crippen LogP contribution is -2.39. The Morgan fingerprint density at radius 3 is 2.70 bits per heavy atom. The molecule has 0 radical (unpaired) electrons. The quantitative estimate of drug-likeness (QED) is 0.848. The van der Waals surface area contributed by atoms with Crippen LogP contribution in [0.4, 0.5) is 0 Å². The van der Waals surface area contributed by atoms with Gasteiger partial charge in [0.05, 0.1) is 19.8 Å². The normalized spacial score (nSPS) is 26.8. The van der Waals surface area contributed by atoms with Crippen LogP contribution in [0, 0.1) is 0 Å². The van der Waals surface area contributed by atoms with Gasteiger partial charge in [-0.1, -0.05) is 36.4 Å². The Labute approximate surface area is 126 Å². The Balaban J connectivity index is 1.65. The molecule has 0 amide bonds. The molecule has 1 saturated heterocycles. The fourth-order valence-electron chi connectivity index (χ4n) is 2.26. The van der Waals surface area contributed by atoms with E-state index in [0.29, 0.717) is 19.8 Å². The van der Waals surface area contributed by atoms with Crippen molar-refractivity contribution in [3.63, 3.8) is 0 Å². The molecule has 0 aliphatic carbocycles. The molecule has 1 aromatic carbocycles. The predicted molar refractivity (Wildman–Crippen MR) is 80.0 cm³/mol. The molecule has 1 aromatic rings. The lowest BCUT2D eigenvalue weighted by molar-refractivity contribution is -0.0915. The van der Waals surface area contributed by atoms with Gasteiger partial charge in [0.25, 0.3) is 0 Å². The van der Waals surface area contributed by atoms with Crippen molar-refractivity contribution in [3.8, 4) is 0 Å². The molecular weight excluding hydrogens is 322 g/mol. The molecule has 3 rings (SSSR count). The highest BCUT2D eigenvalue weighted by Crippen LogP contribution is 2.23. The summed E-state index contributed by atoms with van der Waals surface area (Å²) in [6.45, 7) is 1.78. The molecule has 1 fully saturated rings. The summed E-state index contributed by atoms with van der Waals surface area (Å²) in [5.41, 5.74) is 1.14. The lowest BCUT2D eigenvalue weighted by atomic mass is 10.1. The fraction of sp³-hybridized carbons (Fsp3) is 0.400. The average molecular weight is 338 g/mol. The number of hydrogen-bond donors (Lipinski definition) is 0. The number of dihydropyridines is 1. The number of hydrogen-bond acceptors (Lipinski definition) is 4. The number of allylic oxidation sites excluding steroid dienone is 1. The molecule has 2 atom stereocenters. The monoisotopic (exact) mass is 337 g/mol. The Morgan fingerprint density at radius 2 is 1.95 bits per heavy atom. The molecule has 20 heavy (non-hydrogen) atoms. The van der Waals surface area contributed by atoms with Gasteiger partial charge in [-0.25, -0.2) is 0 Å². The third-order valence-corrected chi connectivity index (χ3v) is 3.71. The number of benzene rings is 1. The summed E-state index contributed by atoms with van der Waals surface area (Å²) >= 11 is 3.40. The number of aliphatic imine (C=N–C) groups is 1. The summed E-state index contributed by atoms with van der Waals surface area (Å²) in [5, 5.41) is 0. The van der Waals surface area contributed by atoms with E-state index in [1.54, 1.807) is 0 Å². The molecule has 0 bridgehead atoms. The smallest absolute Gasteiger partial charge is 0.182 e. The van der Waals surface area contributed by atoms with Crippen LogP contribution in [-0.2, 0) is 20.8 Å². The first-order valence-corrected chi connectivity index (χ1v) is 7.42. The second-order valence-corrected chi connectivity index (χ2v) is 5.49. The van der Waals surface area contributed by atoms with E-state index in [-0.39, 0.29) is 18.4 Å². The molecule has 0 saturated carbocycles. The van der Waals surface area contributed by atoms with Crippen LogP contribution in [0.1, 0.15) is 5.56 Å². The zero-order valence-corrected chi connectivity index (χ0v) is 12.5. The SMILES string of the molecule is BrC1=NC(C2OCCO2)C(OCc2ccccc2)C=C1. The number of rotatable bonds is 4. The van der Waals surface area contributed by atoms with Gasteiger partial charge < -0.3 is 14.2 Å². The molecule has 2 unspecified atom stereocenters. The largest absolute Gasteiger partial charge is 0.367 e. The first-order valence-electron chi connectivity index (χ1n) is 6.63. The minimum atomic E-state index is -0.326. The third-order valence-electron chi connectivity index (χ3n) is 3.24. The summed E-state index contributed by atoms with van der Waals surface area (Å²) in [7, 11) is 0. The van der Waals surface area contributed by atoms with E-state index in [4.69, 9.17) is 14.2 Å². The van der Waals surface area contributed by atoms with Crippen molar-refractivity contribution >= 4 is 20.6 Å². The van der Waals surface area contributed by atoms with E-state index >= 15 is 0 Å². The van der Waals surface area contributed by atoms with Crippen LogP contribution in [-0.4, -0.2) is 36.3 Å². The molecule has 0 spiro atoms. The van der Waals surface area contributed by atoms with Crippen molar-refractivity contribution < 1.29 is 14.2 Å². The third kappa shape index (κ3) is 3.35. The van der Waals surface area contributed by atoms with Gasteiger partial charge in [0.2, 0.25) is 0 Å². The van der Waals surface area contributed by atoms with Gasteiger partial charge in [0.1, 0.15) is 16.8 Å². The minimum absolute atomic E-state index is 0.139. The summed E-state index contributed by atoms with van der Waals surface area (Å²) in [5.74, 6) is 0. The van der Waals surface area contributed by atoms with Crippen LogP contribution in [0.25, 0.3) is 0 Å². The van der Waals surface area contributed by atoms with Crippen LogP contribution in [0.5, 0.6) is 0 Å². The number of halogens is 1. The van der Waals surface area contributed by atoms with Gasteiger partial charge in [0, 0.05) is 0 Å². The highest BCUT2D eigenvalue weighted by molar-refractivity contribution is 9.18. The topological polar surface area (TPSA) is 40.0 Å². The van der Waals surface area contributed by atoms with Gasteiger partial charge in [-0.05, 0) is 27.6 Å². The highest BCUT2D eigenvalue weighted by atomic mass is 79.9. The van der Waals surface area contributed by atoms with E-state index in [2.05, 4.69) is 20.9 Å². The molecule has 0 N–H and O–H groups in total. The zero-order valence-electron chi connectivity index (χ0n) is 10.9. The predicted octanol–water partition coefficient (Wildman–Crippen LogP) is 2.68. The molecule has 106 valence electrons. The van der Waals surface area contributed by atoms with E-state index in [1.807, 2.05) is 42.5 Å². The fourth-order valence-corrected chi connectivity index (χ4v) is 2.65. The first kappa shape index (κ1) is 13.9. The summed E-state index contributed by atoms with van der Waals surface area (Å²) in [6, 6.07) is 9.93. The Kier molecular flexibility index (Phi) is 4.62. The number of nitrogens with zero attached hydrogens (tertiary/aromatic N) is 1. The van der Waals surface area contributed by atoms with Crippen molar-refractivity contribution in [2.75, 3.05) is 13.2 Å². The molecular formula is C15H16BrNO3. The van der Waals surface area contributed by atoms with Crippen molar-refractivity contribution in [3.05, 3.63) is 48.0 Å². The molecule has 4 nitrogen and oxygen atoms in total. The second-order valence-electron chi connectivity index (χ2n) is 4.67. The van der Waals surface area contributed by atoms with Crippen molar-refractivity contribution in [1.29, 1.82) is 0 Å². The highest BCUT2D eigenvalue weighted by Gasteiger charge is 2.34. The maximum absolute atomic E-state index is 5.97. The summed E-state index contributed by atoms with van der Waals surface area (Å²) in [4.78, 5) is 4.53. The Hall–Kier alpha value is -1.01. The van der Waals surface area contributed by atoms with Crippen LogP contribution in [0.2, 0.25) is 0 Å². The maximum atomic E-state index is 5.97. The van der Waals surface area contributed by atoms with Crippen LogP contribution >= 0.6 is 15.9 Å². The standard InChI is InChI=1S/C15H16BrNO3/c16-13-7-6-12(14(17-13)15-18-8-9-19-15)20-10-11-4-2-1-3-5-11/h1-7,12,14-15H,8-10H2. The molecule has 2 aliphatic heterocycles. The van der Waals surface area contributed by atoms with Crippen LogP contribution < -0.4 is 0 Å². The van der Waals surface area contributed by atoms with Gasteiger partial charge in [-0.3, -0.25) is 4.99 Å². The summed E-state index contributed by atoms with van der Waals surface area (Å²) in [6.07, 6.45) is 3.43. The van der Waals surface area contributed by atoms with Gasteiger partial charge in [0.15, 0.2) is 6.29 Å². The Morgan fingerprint density at radius 1 is 1.20 bits per heavy atom. The van der Waals surface area contributed by atoms with Crippen molar-refractivity contribution in [2.24, 2.45) is 4.99 Å². The van der Waals surface area contributed by atoms with Crippen molar-refractivity contribution in [1.82, 2.24) is 0 Å². The lowest BCUT2D eigenvalue weighted by Gasteiger charge is -2.28. The average Bonchev–Trinajstić information content (AvgIpc) is 3.01. The molecule has 2 aliphatic rings. The van der Waals surface area contributed by atoms with Crippen LogP contribution in [0.15, 0.2) is 47.5 Å². The minimum Gasteiger partial charge on any atom is -0.367 e. The zero-order chi connectivity index (χ0) is 13.8. The summed E-state index contributed by atoms with van der Waals surface area (Å²) < 4.78 is 17.9. The molecule has 5 heteroatoms. The van der Waals surface area contributed by atoms with E-state index in [9.17, 15) is 0 Å². The molecule has 0 aromatic heterocycles. The van der Waals surface area contributed by atoms with E-state index in [1.165, 1.54) is 0 Å². The van der Waals surface area contributed by atoms with Gasteiger partial charge >= 0.3 is 0 Å². The van der Waals surface area contributed by atoms with Gasteiger partial charge in [-0.2, -0.15) is 0 Å².